The zero-order valence-electron chi connectivity index (χ0n) is 10.6. The van der Waals surface area contributed by atoms with Crippen molar-refractivity contribution in [3.05, 3.63) is 0 Å². The number of rotatable bonds is 0. The zero-order chi connectivity index (χ0) is 10.8. The van der Waals surface area contributed by atoms with E-state index >= 15 is 0 Å². The summed E-state index contributed by atoms with van der Waals surface area (Å²) in [5, 5.41) is 0. The van der Waals surface area contributed by atoms with E-state index in [-0.39, 0.29) is 0 Å². The summed E-state index contributed by atoms with van der Waals surface area (Å²) in [7, 11) is 0. The minimum atomic E-state index is 0.373. The Morgan fingerprint density at radius 1 is 1.07 bits per heavy atom. The summed E-state index contributed by atoms with van der Waals surface area (Å²) >= 11 is 0. The summed E-state index contributed by atoms with van der Waals surface area (Å²) in [4.78, 5) is 2.73. The predicted molar refractivity (Wildman–Crippen MR) is 61.4 cm³/mol. The Bertz CT molecular complexity index is 243. The molecule has 0 aromatic rings. The number of hydrogen-bond donors (Lipinski definition) is 0. The van der Waals surface area contributed by atoms with E-state index in [1.54, 1.807) is 0 Å². The zero-order valence-corrected chi connectivity index (χ0v) is 10.6. The second-order valence-electron chi connectivity index (χ2n) is 7.30. The summed E-state index contributed by atoms with van der Waals surface area (Å²) in [6.45, 7) is 15.6. The van der Waals surface area contributed by atoms with Crippen molar-refractivity contribution in [2.45, 2.75) is 65.5 Å². The summed E-state index contributed by atoms with van der Waals surface area (Å²) in [5.74, 6) is 0.933. The molecule has 82 valence electrons. The quantitative estimate of drug-likeness (QED) is 0.573. The number of nitrogens with zero attached hydrogens (tertiary/aromatic N) is 1. The van der Waals surface area contributed by atoms with Crippen LogP contribution in [0.1, 0.15) is 54.4 Å². The van der Waals surface area contributed by atoms with Crippen LogP contribution in [0.25, 0.3) is 0 Å². The van der Waals surface area contributed by atoms with E-state index in [0.29, 0.717) is 16.5 Å². The Labute approximate surface area is 88.9 Å². The molecule has 2 unspecified atom stereocenters. The maximum atomic E-state index is 2.73. The molecule has 0 radical (unpaired) electrons. The van der Waals surface area contributed by atoms with Crippen molar-refractivity contribution in [1.82, 2.24) is 4.90 Å². The van der Waals surface area contributed by atoms with E-state index in [2.05, 4.69) is 46.4 Å². The molecule has 0 aromatic heterocycles. The van der Waals surface area contributed by atoms with E-state index in [1.807, 2.05) is 0 Å². The van der Waals surface area contributed by atoms with Crippen LogP contribution in [-0.4, -0.2) is 22.5 Å². The molecule has 1 saturated carbocycles. The minimum absolute atomic E-state index is 0.373. The summed E-state index contributed by atoms with van der Waals surface area (Å²) < 4.78 is 0. The van der Waals surface area contributed by atoms with Crippen LogP contribution in [0.15, 0.2) is 0 Å². The van der Waals surface area contributed by atoms with Gasteiger partial charge in [-0.1, -0.05) is 20.8 Å². The molecule has 0 N–H and O–H groups in total. The first-order valence-electron chi connectivity index (χ1n) is 5.96. The highest BCUT2D eigenvalue weighted by atomic mass is 15.3. The molecule has 1 heterocycles. The van der Waals surface area contributed by atoms with Crippen molar-refractivity contribution in [2.75, 3.05) is 6.54 Å². The smallest absolute Gasteiger partial charge is 0.0264 e. The van der Waals surface area contributed by atoms with Gasteiger partial charge >= 0.3 is 0 Å². The summed E-state index contributed by atoms with van der Waals surface area (Å²) in [6, 6.07) is 0. The molecule has 1 heteroatoms. The molecule has 0 bridgehead atoms. The Kier molecular flexibility index (Phi) is 1.91. The molecule has 1 aliphatic carbocycles. The first kappa shape index (κ1) is 10.5. The monoisotopic (exact) mass is 195 g/mol. The van der Waals surface area contributed by atoms with Gasteiger partial charge in [0.25, 0.3) is 0 Å². The standard InChI is InChI=1S/C13H25N/c1-11(2,3)10-9-13(10)7-8-14(13)12(4,5)6/h10H,7-9H2,1-6H3. The van der Waals surface area contributed by atoms with Gasteiger partial charge in [0.1, 0.15) is 0 Å². The van der Waals surface area contributed by atoms with Gasteiger partial charge in [-0.05, 0) is 44.9 Å². The fraction of sp³-hybridized carbons (Fsp3) is 1.00. The van der Waals surface area contributed by atoms with Crippen molar-refractivity contribution in [3.8, 4) is 0 Å². The lowest BCUT2D eigenvalue weighted by atomic mass is 9.81. The lowest BCUT2D eigenvalue weighted by Crippen LogP contribution is -2.60. The van der Waals surface area contributed by atoms with Gasteiger partial charge in [0.15, 0.2) is 0 Å². The first-order chi connectivity index (χ1) is 6.18. The topological polar surface area (TPSA) is 3.24 Å². The Morgan fingerprint density at radius 3 is 1.86 bits per heavy atom. The highest BCUT2D eigenvalue weighted by Gasteiger charge is 2.67. The fourth-order valence-corrected chi connectivity index (χ4v) is 3.50. The van der Waals surface area contributed by atoms with Crippen molar-refractivity contribution < 1.29 is 0 Å². The normalized spacial score (nSPS) is 38.6. The van der Waals surface area contributed by atoms with Gasteiger partial charge in [0.05, 0.1) is 0 Å². The molecule has 1 spiro atoms. The highest BCUT2D eigenvalue weighted by Crippen LogP contribution is 2.64. The van der Waals surface area contributed by atoms with Gasteiger partial charge in [0.2, 0.25) is 0 Å². The molecule has 2 fully saturated rings. The largest absolute Gasteiger partial charge is 0.292 e. The maximum Gasteiger partial charge on any atom is 0.0264 e. The van der Waals surface area contributed by atoms with Crippen LogP contribution in [-0.2, 0) is 0 Å². The summed E-state index contributed by atoms with van der Waals surface area (Å²) in [6.07, 6.45) is 2.87. The second kappa shape index (κ2) is 2.55. The molecule has 1 saturated heterocycles. The van der Waals surface area contributed by atoms with Crippen molar-refractivity contribution in [3.63, 3.8) is 0 Å². The Hall–Kier alpha value is -0.0400. The number of hydrogen-bond acceptors (Lipinski definition) is 1. The molecular weight excluding hydrogens is 170 g/mol. The Balaban J connectivity index is 2.09. The third kappa shape index (κ3) is 1.32. The maximum absolute atomic E-state index is 2.73. The van der Waals surface area contributed by atoms with Crippen LogP contribution in [0.3, 0.4) is 0 Å². The summed E-state index contributed by atoms with van der Waals surface area (Å²) in [5.41, 5.74) is 1.48. The van der Waals surface area contributed by atoms with E-state index in [9.17, 15) is 0 Å². The van der Waals surface area contributed by atoms with E-state index in [0.717, 1.165) is 5.92 Å². The van der Waals surface area contributed by atoms with Crippen LogP contribution in [0.5, 0.6) is 0 Å². The van der Waals surface area contributed by atoms with Crippen LogP contribution in [0.4, 0.5) is 0 Å². The van der Waals surface area contributed by atoms with E-state index in [4.69, 9.17) is 0 Å². The molecule has 1 aliphatic heterocycles. The van der Waals surface area contributed by atoms with Gasteiger partial charge in [0, 0.05) is 17.6 Å². The predicted octanol–water partition coefficient (Wildman–Crippen LogP) is 3.30. The molecule has 0 amide bonds. The van der Waals surface area contributed by atoms with E-state index in [1.165, 1.54) is 19.4 Å². The third-order valence-electron chi connectivity index (χ3n) is 4.21. The van der Waals surface area contributed by atoms with Crippen LogP contribution >= 0.6 is 0 Å². The average molecular weight is 195 g/mol. The van der Waals surface area contributed by atoms with Crippen molar-refractivity contribution in [2.24, 2.45) is 11.3 Å². The van der Waals surface area contributed by atoms with Crippen LogP contribution < -0.4 is 0 Å². The molecule has 1 nitrogen and oxygen atoms in total. The van der Waals surface area contributed by atoms with E-state index < -0.39 is 0 Å². The first-order valence-corrected chi connectivity index (χ1v) is 5.96. The molecular formula is C13H25N. The van der Waals surface area contributed by atoms with Gasteiger partial charge < -0.3 is 0 Å². The highest BCUT2D eigenvalue weighted by molar-refractivity contribution is 5.22. The van der Waals surface area contributed by atoms with Gasteiger partial charge in [-0.25, -0.2) is 0 Å². The lowest BCUT2D eigenvalue weighted by molar-refractivity contribution is -0.0358. The van der Waals surface area contributed by atoms with Gasteiger partial charge in [-0.2, -0.15) is 0 Å². The van der Waals surface area contributed by atoms with Gasteiger partial charge in [-0.3, -0.25) is 4.90 Å². The second-order valence-corrected chi connectivity index (χ2v) is 7.30. The number of likely N-dealkylation sites (tertiary alicyclic amines) is 1. The van der Waals surface area contributed by atoms with Crippen molar-refractivity contribution >= 4 is 0 Å². The Morgan fingerprint density at radius 2 is 1.64 bits per heavy atom. The van der Waals surface area contributed by atoms with Crippen LogP contribution in [0.2, 0.25) is 0 Å². The fourth-order valence-electron chi connectivity index (χ4n) is 3.50. The lowest BCUT2D eigenvalue weighted by Gasteiger charge is -2.52. The molecule has 2 rings (SSSR count). The minimum Gasteiger partial charge on any atom is -0.292 e. The SMILES string of the molecule is CC(C)(C)C1CC12CCN2C(C)(C)C. The van der Waals surface area contributed by atoms with Crippen LogP contribution in [0, 0.1) is 11.3 Å². The average Bonchev–Trinajstić information content (AvgIpc) is 2.52. The molecule has 14 heavy (non-hydrogen) atoms. The molecule has 2 aliphatic rings. The molecule has 2 atom stereocenters. The van der Waals surface area contributed by atoms with Crippen molar-refractivity contribution in [1.29, 1.82) is 0 Å². The van der Waals surface area contributed by atoms with Gasteiger partial charge in [-0.15, -0.1) is 0 Å². The molecule has 0 aromatic carbocycles. The third-order valence-corrected chi connectivity index (χ3v) is 4.21.